The lowest BCUT2D eigenvalue weighted by molar-refractivity contribution is -0.117. The standard InChI is InChI=1S/C20H25FN2O4/c1-3-23(12-16(24)14-27-17-10-8-15(21)9-11-17)13-20(25)22-18-6-4-5-7-19(18)26-2/h4-11,16,24H,3,12-14H2,1-2H3,(H,22,25). The van der Waals surface area contributed by atoms with Crippen molar-refractivity contribution < 1.29 is 23.8 Å². The third-order valence-electron chi connectivity index (χ3n) is 3.92. The van der Waals surface area contributed by atoms with E-state index in [2.05, 4.69) is 5.32 Å². The van der Waals surface area contributed by atoms with Gasteiger partial charge in [-0.1, -0.05) is 19.1 Å². The lowest BCUT2D eigenvalue weighted by atomic mass is 10.3. The number of rotatable bonds is 10. The average molecular weight is 376 g/mol. The predicted molar refractivity (Wildman–Crippen MR) is 102 cm³/mol. The topological polar surface area (TPSA) is 71.0 Å². The quantitative estimate of drug-likeness (QED) is 0.667. The molecule has 0 aliphatic rings. The van der Waals surface area contributed by atoms with Crippen LogP contribution in [-0.2, 0) is 4.79 Å². The molecule has 0 bridgehead atoms. The zero-order valence-corrected chi connectivity index (χ0v) is 15.5. The Morgan fingerprint density at radius 3 is 2.59 bits per heavy atom. The minimum Gasteiger partial charge on any atom is -0.495 e. The van der Waals surface area contributed by atoms with E-state index in [0.29, 0.717) is 23.7 Å². The molecular formula is C20H25FN2O4. The Bertz CT molecular complexity index is 724. The van der Waals surface area contributed by atoms with Crippen molar-refractivity contribution in [3.63, 3.8) is 0 Å². The molecule has 2 aromatic rings. The Morgan fingerprint density at radius 2 is 1.93 bits per heavy atom. The summed E-state index contributed by atoms with van der Waals surface area (Å²) in [5.74, 6) is 0.517. The number of aliphatic hydroxyl groups is 1. The summed E-state index contributed by atoms with van der Waals surface area (Å²) in [5, 5.41) is 13.0. The van der Waals surface area contributed by atoms with E-state index in [0.717, 1.165) is 0 Å². The fourth-order valence-corrected chi connectivity index (χ4v) is 2.52. The van der Waals surface area contributed by atoms with Crippen LogP contribution in [0.5, 0.6) is 11.5 Å². The number of para-hydroxylation sites is 2. The molecule has 0 spiro atoms. The summed E-state index contributed by atoms with van der Waals surface area (Å²) >= 11 is 0. The predicted octanol–water partition coefficient (Wildman–Crippen LogP) is 2.53. The van der Waals surface area contributed by atoms with Crippen LogP contribution in [0, 0.1) is 5.82 Å². The lowest BCUT2D eigenvalue weighted by Crippen LogP contribution is -2.40. The number of nitrogens with one attached hydrogen (secondary N) is 1. The maximum atomic E-state index is 12.9. The highest BCUT2D eigenvalue weighted by Gasteiger charge is 2.15. The van der Waals surface area contributed by atoms with Crippen LogP contribution in [-0.4, -0.2) is 55.4 Å². The van der Waals surface area contributed by atoms with Crippen molar-refractivity contribution >= 4 is 11.6 Å². The molecule has 0 aromatic heterocycles. The number of carbonyl (C=O) groups excluding carboxylic acids is 1. The minimum absolute atomic E-state index is 0.0518. The van der Waals surface area contributed by atoms with Crippen molar-refractivity contribution in [2.24, 2.45) is 0 Å². The number of hydrogen-bond acceptors (Lipinski definition) is 5. The van der Waals surface area contributed by atoms with E-state index in [1.807, 2.05) is 24.0 Å². The summed E-state index contributed by atoms with van der Waals surface area (Å²) in [6, 6.07) is 12.8. The SMILES string of the molecule is CCN(CC(=O)Nc1ccccc1OC)CC(O)COc1ccc(F)cc1. The van der Waals surface area contributed by atoms with Crippen molar-refractivity contribution in [3.8, 4) is 11.5 Å². The van der Waals surface area contributed by atoms with E-state index in [9.17, 15) is 14.3 Å². The second-order valence-electron chi connectivity index (χ2n) is 5.99. The van der Waals surface area contributed by atoms with Crippen LogP contribution in [0.25, 0.3) is 0 Å². The van der Waals surface area contributed by atoms with Crippen LogP contribution in [0.2, 0.25) is 0 Å². The summed E-state index contributed by atoms with van der Waals surface area (Å²) in [5.41, 5.74) is 0.598. The number of anilines is 1. The highest BCUT2D eigenvalue weighted by molar-refractivity contribution is 5.93. The van der Waals surface area contributed by atoms with Crippen LogP contribution in [0.4, 0.5) is 10.1 Å². The third kappa shape index (κ3) is 6.88. The van der Waals surface area contributed by atoms with Gasteiger partial charge in [0, 0.05) is 6.54 Å². The molecule has 0 saturated carbocycles. The molecule has 27 heavy (non-hydrogen) atoms. The number of ether oxygens (including phenoxy) is 2. The van der Waals surface area contributed by atoms with Crippen LogP contribution in [0.1, 0.15) is 6.92 Å². The summed E-state index contributed by atoms with van der Waals surface area (Å²) in [7, 11) is 1.54. The van der Waals surface area contributed by atoms with Gasteiger partial charge in [-0.15, -0.1) is 0 Å². The van der Waals surface area contributed by atoms with Gasteiger partial charge in [0.25, 0.3) is 0 Å². The number of aliphatic hydroxyl groups excluding tert-OH is 1. The molecule has 0 heterocycles. The number of nitrogens with zero attached hydrogens (tertiary/aromatic N) is 1. The molecule has 0 saturated heterocycles. The van der Waals surface area contributed by atoms with Gasteiger partial charge in [-0.3, -0.25) is 9.69 Å². The number of carbonyl (C=O) groups is 1. The molecule has 1 amide bonds. The maximum Gasteiger partial charge on any atom is 0.238 e. The molecule has 1 atom stereocenters. The van der Waals surface area contributed by atoms with E-state index in [1.165, 1.54) is 24.3 Å². The van der Waals surface area contributed by atoms with Gasteiger partial charge in [0.05, 0.1) is 19.3 Å². The molecule has 7 heteroatoms. The first-order valence-corrected chi connectivity index (χ1v) is 8.73. The molecule has 2 aromatic carbocycles. The first-order chi connectivity index (χ1) is 13.0. The molecule has 2 rings (SSSR count). The monoisotopic (exact) mass is 376 g/mol. The van der Waals surface area contributed by atoms with Gasteiger partial charge in [-0.25, -0.2) is 4.39 Å². The summed E-state index contributed by atoms with van der Waals surface area (Å²) < 4.78 is 23.5. The number of halogens is 1. The Hall–Kier alpha value is -2.64. The highest BCUT2D eigenvalue weighted by Crippen LogP contribution is 2.22. The van der Waals surface area contributed by atoms with E-state index in [-0.39, 0.29) is 31.4 Å². The number of methoxy groups -OCH3 is 1. The second kappa shape index (κ2) is 10.5. The lowest BCUT2D eigenvalue weighted by Gasteiger charge is -2.23. The highest BCUT2D eigenvalue weighted by atomic mass is 19.1. The van der Waals surface area contributed by atoms with E-state index >= 15 is 0 Å². The number of benzene rings is 2. The minimum atomic E-state index is -0.783. The zero-order valence-electron chi connectivity index (χ0n) is 15.5. The van der Waals surface area contributed by atoms with Crippen molar-refractivity contribution in [3.05, 3.63) is 54.3 Å². The smallest absolute Gasteiger partial charge is 0.238 e. The van der Waals surface area contributed by atoms with Crippen molar-refractivity contribution in [2.75, 3.05) is 38.7 Å². The van der Waals surface area contributed by atoms with Gasteiger partial charge in [-0.05, 0) is 42.9 Å². The molecule has 0 fully saturated rings. The third-order valence-corrected chi connectivity index (χ3v) is 3.92. The summed E-state index contributed by atoms with van der Waals surface area (Å²) in [6.07, 6.45) is -0.783. The van der Waals surface area contributed by atoms with Crippen LogP contribution < -0.4 is 14.8 Å². The van der Waals surface area contributed by atoms with Crippen LogP contribution >= 0.6 is 0 Å². The first kappa shape index (κ1) is 20.7. The first-order valence-electron chi connectivity index (χ1n) is 8.73. The Kier molecular flexibility index (Phi) is 8.03. The maximum absolute atomic E-state index is 12.9. The molecule has 1 unspecified atom stereocenters. The molecule has 0 aliphatic carbocycles. The number of hydrogen-bond donors (Lipinski definition) is 2. The Balaban J connectivity index is 1.81. The molecule has 6 nitrogen and oxygen atoms in total. The fraction of sp³-hybridized carbons (Fsp3) is 0.350. The van der Waals surface area contributed by atoms with Crippen molar-refractivity contribution in [1.82, 2.24) is 4.90 Å². The van der Waals surface area contributed by atoms with Crippen LogP contribution in [0.3, 0.4) is 0 Å². The fourth-order valence-electron chi connectivity index (χ4n) is 2.52. The average Bonchev–Trinajstić information content (AvgIpc) is 2.67. The van der Waals surface area contributed by atoms with Gasteiger partial charge in [0.2, 0.25) is 5.91 Å². The largest absolute Gasteiger partial charge is 0.495 e. The second-order valence-corrected chi connectivity index (χ2v) is 5.99. The zero-order chi connectivity index (χ0) is 19.6. The molecule has 146 valence electrons. The van der Waals surface area contributed by atoms with E-state index in [1.54, 1.807) is 19.2 Å². The van der Waals surface area contributed by atoms with E-state index < -0.39 is 6.10 Å². The Morgan fingerprint density at radius 1 is 1.22 bits per heavy atom. The summed E-state index contributed by atoms with van der Waals surface area (Å²) in [4.78, 5) is 14.1. The van der Waals surface area contributed by atoms with Gasteiger partial charge in [-0.2, -0.15) is 0 Å². The normalized spacial score (nSPS) is 11.9. The molecule has 0 radical (unpaired) electrons. The van der Waals surface area contributed by atoms with Gasteiger partial charge >= 0.3 is 0 Å². The number of amides is 1. The van der Waals surface area contributed by atoms with Crippen molar-refractivity contribution in [1.29, 1.82) is 0 Å². The van der Waals surface area contributed by atoms with Gasteiger partial charge in [0.15, 0.2) is 0 Å². The Labute approximate surface area is 158 Å². The molecule has 2 N–H and O–H groups in total. The van der Waals surface area contributed by atoms with Crippen LogP contribution in [0.15, 0.2) is 48.5 Å². The van der Waals surface area contributed by atoms with Gasteiger partial charge < -0.3 is 19.9 Å². The van der Waals surface area contributed by atoms with E-state index in [4.69, 9.17) is 9.47 Å². The van der Waals surface area contributed by atoms with Crippen molar-refractivity contribution in [2.45, 2.75) is 13.0 Å². The number of likely N-dealkylation sites (N-methyl/N-ethyl adjacent to an activating group) is 1. The molecular weight excluding hydrogens is 351 g/mol. The molecule has 0 aliphatic heterocycles. The summed E-state index contributed by atoms with van der Waals surface area (Å²) in [6.45, 7) is 2.95. The van der Waals surface area contributed by atoms with Gasteiger partial charge in [0.1, 0.15) is 30.0 Å².